The molecule has 0 amide bonds. The largest absolute Gasteiger partial charge is 0.381 e. The summed E-state index contributed by atoms with van der Waals surface area (Å²) in [6, 6.07) is 0. The third kappa shape index (κ3) is 10.2. The van der Waals surface area contributed by atoms with E-state index >= 15 is 0 Å². The quantitative estimate of drug-likeness (QED) is 0.651. The van der Waals surface area contributed by atoms with Crippen LogP contribution in [-0.4, -0.2) is 35.7 Å². The van der Waals surface area contributed by atoms with Gasteiger partial charge in [0.1, 0.15) is 0 Å². The second kappa shape index (κ2) is 5.79. The Morgan fingerprint density at radius 1 is 1.27 bits per heavy atom. The molecule has 1 heterocycles. The van der Waals surface area contributed by atoms with Crippen LogP contribution in [0.4, 0.5) is 0 Å². The van der Waals surface area contributed by atoms with Crippen molar-refractivity contribution in [3.63, 3.8) is 0 Å². The van der Waals surface area contributed by atoms with E-state index in [-0.39, 0.29) is 0 Å². The van der Waals surface area contributed by atoms with E-state index in [0.29, 0.717) is 0 Å². The summed E-state index contributed by atoms with van der Waals surface area (Å²) in [5, 5.41) is 0. The normalized spacial score (nSPS) is 18.9. The zero-order valence-corrected chi connectivity index (χ0v) is 7.76. The molecular weight excluding hydrogens is 168 g/mol. The molecule has 1 saturated heterocycles. The molecule has 4 nitrogen and oxygen atoms in total. The Morgan fingerprint density at radius 2 is 1.64 bits per heavy atom. The van der Waals surface area contributed by atoms with Gasteiger partial charge in [0.25, 0.3) is 0 Å². The van der Waals surface area contributed by atoms with Crippen molar-refractivity contribution < 1.29 is 18.0 Å². The van der Waals surface area contributed by atoms with Crippen LogP contribution >= 0.6 is 10.9 Å². The lowest BCUT2D eigenvalue weighted by atomic mass is 10.4. The van der Waals surface area contributed by atoms with Crippen molar-refractivity contribution in [3.05, 3.63) is 0 Å². The van der Waals surface area contributed by atoms with Gasteiger partial charge < -0.3 is 13.8 Å². The molecule has 0 saturated carbocycles. The molecule has 1 rings (SSSR count). The molecule has 1 aliphatic heterocycles. The van der Waals surface area contributed by atoms with Gasteiger partial charge in [-0.15, -0.1) is 0 Å². The molecule has 0 aromatic carbocycles. The summed E-state index contributed by atoms with van der Waals surface area (Å²) >= 11 is 0. The predicted molar refractivity (Wildman–Crippen MR) is 45.8 cm³/mol. The van der Waals surface area contributed by atoms with Crippen LogP contribution < -0.4 is 0 Å². The lowest BCUT2D eigenvalue weighted by molar-refractivity contribution is 0.198. The minimum absolute atomic E-state index is 1.00. The highest BCUT2D eigenvalue weighted by Gasteiger charge is 2.01. The van der Waals surface area contributed by atoms with Crippen molar-refractivity contribution in [1.29, 1.82) is 0 Å². The van der Waals surface area contributed by atoms with Crippen molar-refractivity contribution in [2.45, 2.75) is 12.8 Å². The second-order valence-electron chi connectivity index (χ2n) is 2.25. The van der Waals surface area contributed by atoms with Crippen LogP contribution in [0.3, 0.4) is 0 Å². The molecule has 0 aromatic rings. The molecule has 11 heavy (non-hydrogen) atoms. The van der Waals surface area contributed by atoms with Gasteiger partial charge in [0.15, 0.2) is 0 Å². The van der Waals surface area contributed by atoms with Gasteiger partial charge in [-0.05, 0) is 12.8 Å². The first-order chi connectivity index (χ1) is 5.06. The van der Waals surface area contributed by atoms with Gasteiger partial charge in [0.05, 0.1) is 18.0 Å². The summed E-state index contributed by atoms with van der Waals surface area (Å²) in [4.78, 5) is 0. The number of hydrogen-bond acceptors (Lipinski definition) is 4. The SMILES string of the molecule is C1CCOC1.COS(C)(O)O. The minimum Gasteiger partial charge on any atom is -0.381 e. The lowest BCUT2D eigenvalue weighted by Crippen LogP contribution is -1.93. The van der Waals surface area contributed by atoms with E-state index in [9.17, 15) is 0 Å². The minimum atomic E-state index is -2.66. The van der Waals surface area contributed by atoms with Crippen LogP contribution in [0.1, 0.15) is 12.8 Å². The van der Waals surface area contributed by atoms with Gasteiger partial charge in [-0.25, -0.2) is 0 Å². The van der Waals surface area contributed by atoms with Crippen LogP contribution in [0.2, 0.25) is 0 Å². The monoisotopic (exact) mass is 184 g/mol. The van der Waals surface area contributed by atoms with Crippen molar-refractivity contribution in [1.82, 2.24) is 0 Å². The van der Waals surface area contributed by atoms with Crippen LogP contribution in [-0.2, 0) is 8.92 Å². The molecule has 5 heteroatoms. The van der Waals surface area contributed by atoms with Gasteiger partial charge in [0, 0.05) is 19.5 Å². The number of ether oxygens (including phenoxy) is 1. The van der Waals surface area contributed by atoms with Gasteiger partial charge in [-0.3, -0.25) is 4.18 Å². The van der Waals surface area contributed by atoms with Crippen molar-refractivity contribution >= 4 is 10.9 Å². The van der Waals surface area contributed by atoms with Gasteiger partial charge in [0.2, 0.25) is 0 Å². The van der Waals surface area contributed by atoms with E-state index in [4.69, 9.17) is 13.8 Å². The molecule has 0 unspecified atom stereocenters. The summed E-state index contributed by atoms with van der Waals surface area (Å²) in [5.41, 5.74) is 0. The Hall–Kier alpha value is 0.190. The van der Waals surface area contributed by atoms with E-state index in [2.05, 4.69) is 4.18 Å². The summed E-state index contributed by atoms with van der Waals surface area (Å²) in [5.74, 6) is 0. The fraction of sp³-hybridized carbons (Fsp3) is 1.00. The molecule has 1 aliphatic rings. The number of rotatable bonds is 1. The third-order valence-corrected chi connectivity index (χ3v) is 1.77. The summed E-state index contributed by atoms with van der Waals surface area (Å²) in [7, 11) is -1.42. The highest BCUT2D eigenvalue weighted by Crippen LogP contribution is 2.32. The first kappa shape index (κ1) is 11.2. The average molecular weight is 184 g/mol. The maximum Gasteiger partial charge on any atom is 0.0802 e. The Balaban J connectivity index is 0.000000183. The molecule has 0 aliphatic carbocycles. The smallest absolute Gasteiger partial charge is 0.0802 e. The van der Waals surface area contributed by atoms with Gasteiger partial charge in [-0.2, -0.15) is 0 Å². The van der Waals surface area contributed by atoms with E-state index < -0.39 is 10.9 Å². The van der Waals surface area contributed by atoms with E-state index in [1.54, 1.807) is 0 Å². The first-order valence-electron chi connectivity index (χ1n) is 3.43. The molecule has 0 radical (unpaired) electrons. The maximum atomic E-state index is 8.24. The first-order valence-corrected chi connectivity index (χ1v) is 5.31. The zero-order chi connectivity index (χ0) is 8.74. The molecule has 1 fully saturated rings. The zero-order valence-electron chi connectivity index (χ0n) is 6.95. The van der Waals surface area contributed by atoms with Crippen LogP contribution in [0.5, 0.6) is 0 Å². The van der Waals surface area contributed by atoms with E-state index in [0.717, 1.165) is 13.2 Å². The molecular formula is C6H16O4S. The van der Waals surface area contributed by atoms with Crippen LogP contribution in [0.25, 0.3) is 0 Å². The van der Waals surface area contributed by atoms with E-state index in [1.807, 2.05) is 0 Å². The molecule has 2 N–H and O–H groups in total. The molecule has 0 spiro atoms. The summed E-state index contributed by atoms with van der Waals surface area (Å²) < 4.78 is 25.6. The van der Waals surface area contributed by atoms with Crippen molar-refractivity contribution in [2.24, 2.45) is 0 Å². The van der Waals surface area contributed by atoms with Crippen LogP contribution in [0.15, 0.2) is 0 Å². The topological polar surface area (TPSA) is 58.9 Å². The van der Waals surface area contributed by atoms with Crippen molar-refractivity contribution in [2.75, 3.05) is 26.6 Å². The molecule has 0 aromatic heterocycles. The summed E-state index contributed by atoms with van der Waals surface area (Å²) in [6.45, 7) is 2.00. The Bertz CT molecular complexity index is 79.5. The fourth-order valence-electron chi connectivity index (χ4n) is 0.510. The van der Waals surface area contributed by atoms with Crippen molar-refractivity contribution in [3.8, 4) is 0 Å². The van der Waals surface area contributed by atoms with Gasteiger partial charge >= 0.3 is 0 Å². The Labute approximate surface area is 69.1 Å². The lowest BCUT2D eigenvalue weighted by Gasteiger charge is -2.16. The highest BCUT2D eigenvalue weighted by atomic mass is 32.3. The standard InChI is InChI=1S/C4H8O.C2H8O3S/c1-2-4-5-3-1;1-5-6(2,3)4/h1-4H2;3-4H,1-2H3. The fourth-order valence-corrected chi connectivity index (χ4v) is 0.510. The predicted octanol–water partition coefficient (Wildman–Crippen LogP) is 1.73. The van der Waals surface area contributed by atoms with E-state index in [1.165, 1.54) is 26.2 Å². The highest BCUT2D eigenvalue weighted by molar-refractivity contribution is 8.19. The summed E-state index contributed by atoms with van der Waals surface area (Å²) in [6.07, 6.45) is 3.77. The number of hydrogen-bond donors (Lipinski definition) is 2. The molecule has 70 valence electrons. The molecule has 0 bridgehead atoms. The Morgan fingerprint density at radius 3 is 1.73 bits per heavy atom. The van der Waals surface area contributed by atoms with Gasteiger partial charge in [-0.1, -0.05) is 0 Å². The average Bonchev–Trinajstić information content (AvgIpc) is 2.41. The van der Waals surface area contributed by atoms with Crippen LogP contribution in [0, 0.1) is 0 Å². The Kier molecular flexibility index (Phi) is 5.89. The third-order valence-electron chi connectivity index (χ3n) is 1.14. The second-order valence-corrected chi connectivity index (χ2v) is 4.11. The molecule has 0 atom stereocenters. The maximum absolute atomic E-state index is 8.24.